The minimum absolute atomic E-state index is 0.134. The van der Waals surface area contributed by atoms with Crippen LogP contribution in [0.5, 0.6) is 0 Å². The Labute approximate surface area is 139 Å². The maximum Gasteiger partial charge on any atom is 0.230 e. The lowest BCUT2D eigenvalue weighted by molar-refractivity contribution is -0.119. The third-order valence-electron chi connectivity index (χ3n) is 4.65. The number of para-hydroxylation sites is 1. The highest BCUT2D eigenvalue weighted by Crippen LogP contribution is 2.31. The minimum atomic E-state index is 0.134. The zero-order valence-electron chi connectivity index (χ0n) is 13.0. The number of nitrogens with one attached hydrogen (secondary N) is 1. The summed E-state index contributed by atoms with van der Waals surface area (Å²) in [6.07, 6.45) is 3.62. The van der Waals surface area contributed by atoms with Crippen molar-refractivity contribution in [1.82, 2.24) is 10.3 Å². The first-order valence-electron chi connectivity index (χ1n) is 7.91. The number of thioether (sulfide) groups is 1. The molecule has 1 fully saturated rings. The molecule has 0 radical (unpaired) electrons. The molecule has 3 nitrogen and oxygen atoms in total. The average Bonchev–Trinajstić information content (AvgIpc) is 2.93. The fourth-order valence-electron chi connectivity index (χ4n) is 3.07. The lowest BCUT2D eigenvalue weighted by Gasteiger charge is -2.34. The summed E-state index contributed by atoms with van der Waals surface area (Å²) in [5.41, 5.74) is 1.02. The van der Waals surface area contributed by atoms with Crippen LogP contribution in [0, 0.1) is 11.8 Å². The highest BCUT2D eigenvalue weighted by molar-refractivity contribution is 8.01. The predicted molar refractivity (Wildman–Crippen MR) is 94.5 cm³/mol. The van der Waals surface area contributed by atoms with Gasteiger partial charge in [-0.25, -0.2) is 4.98 Å². The van der Waals surface area contributed by atoms with Gasteiger partial charge in [-0.05, 0) is 30.4 Å². The fraction of sp³-hybridized carbons (Fsp3) is 0.529. The highest BCUT2D eigenvalue weighted by atomic mass is 32.2. The predicted octanol–water partition coefficient (Wildman–Crippen LogP) is 4.33. The largest absolute Gasteiger partial charge is 0.352 e. The van der Waals surface area contributed by atoms with Crippen LogP contribution in [0.1, 0.15) is 33.1 Å². The first-order chi connectivity index (χ1) is 10.6. The molecule has 5 heteroatoms. The van der Waals surface area contributed by atoms with Crippen molar-refractivity contribution < 1.29 is 4.79 Å². The number of fused-ring (bicyclic) bond motifs is 1. The molecule has 0 aliphatic heterocycles. The Balaban J connectivity index is 1.53. The average molecular weight is 335 g/mol. The molecule has 0 spiro atoms. The van der Waals surface area contributed by atoms with Crippen LogP contribution in [-0.2, 0) is 4.79 Å². The summed E-state index contributed by atoms with van der Waals surface area (Å²) in [5, 5.41) is 3.22. The molecule has 1 amide bonds. The molecule has 0 saturated heterocycles. The van der Waals surface area contributed by atoms with E-state index in [2.05, 4.69) is 30.2 Å². The molecule has 0 bridgehead atoms. The van der Waals surface area contributed by atoms with Crippen LogP contribution in [-0.4, -0.2) is 22.7 Å². The van der Waals surface area contributed by atoms with Crippen LogP contribution in [0.25, 0.3) is 10.2 Å². The van der Waals surface area contributed by atoms with E-state index in [9.17, 15) is 4.79 Å². The summed E-state index contributed by atoms with van der Waals surface area (Å²) in [7, 11) is 0. The molecule has 1 saturated carbocycles. The van der Waals surface area contributed by atoms with E-state index in [1.807, 2.05) is 18.2 Å². The molecule has 1 heterocycles. The Morgan fingerprint density at radius 3 is 3.00 bits per heavy atom. The summed E-state index contributed by atoms with van der Waals surface area (Å²) in [4.78, 5) is 16.8. The van der Waals surface area contributed by atoms with Gasteiger partial charge in [0.25, 0.3) is 0 Å². The number of benzene rings is 1. The maximum absolute atomic E-state index is 12.2. The van der Waals surface area contributed by atoms with Crippen molar-refractivity contribution in [2.75, 3.05) is 5.75 Å². The molecule has 1 aliphatic rings. The van der Waals surface area contributed by atoms with E-state index >= 15 is 0 Å². The van der Waals surface area contributed by atoms with Crippen LogP contribution in [0.15, 0.2) is 28.6 Å². The van der Waals surface area contributed by atoms with E-state index in [1.165, 1.54) is 17.5 Å². The van der Waals surface area contributed by atoms with Gasteiger partial charge in [0.05, 0.1) is 16.0 Å². The number of thiazole rings is 1. The van der Waals surface area contributed by atoms with Crippen LogP contribution in [0.2, 0.25) is 0 Å². The Kier molecular flexibility index (Phi) is 5.03. The van der Waals surface area contributed by atoms with Gasteiger partial charge in [0, 0.05) is 6.04 Å². The molecule has 1 N–H and O–H groups in total. The van der Waals surface area contributed by atoms with Gasteiger partial charge in [-0.15, -0.1) is 11.3 Å². The zero-order valence-corrected chi connectivity index (χ0v) is 14.7. The van der Waals surface area contributed by atoms with E-state index < -0.39 is 0 Å². The molecule has 3 rings (SSSR count). The van der Waals surface area contributed by atoms with Gasteiger partial charge in [-0.1, -0.05) is 50.6 Å². The number of hydrogen-bond donors (Lipinski definition) is 1. The standard InChI is InChI=1S/C17H22N2OS2/c1-11-6-5-8-13(12(11)2)18-16(20)10-21-17-19-14-7-3-4-9-15(14)22-17/h3-4,7,9,11-13H,5-6,8,10H2,1-2H3,(H,18,20). The van der Waals surface area contributed by atoms with Crippen LogP contribution in [0.3, 0.4) is 0 Å². The Bertz CT molecular complexity index is 622. The summed E-state index contributed by atoms with van der Waals surface area (Å²) in [6, 6.07) is 8.44. The molecule has 1 aliphatic carbocycles. The van der Waals surface area contributed by atoms with Gasteiger partial charge in [0.2, 0.25) is 5.91 Å². The molecule has 2 aromatic rings. The third kappa shape index (κ3) is 3.63. The second-order valence-corrected chi connectivity index (χ2v) is 8.43. The molecular weight excluding hydrogens is 312 g/mol. The van der Waals surface area contributed by atoms with Crippen molar-refractivity contribution in [3.05, 3.63) is 24.3 Å². The molecule has 1 aromatic carbocycles. The Morgan fingerprint density at radius 2 is 2.18 bits per heavy atom. The van der Waals surface area contributed by atoms with Crippen molar-refractivity contribution in [1.29, 1.82) is 0 Å². The monoisotopic (exact) mass is 334 g/mol. The van der Waals surface area contributed by atoms with Crippen molar-refractivity contribution in [2.24, 2.45) is 11.8 Å². The van der Waals surface area contributed by atoms with Crippen LogP contribution >= 0.6 is 23.1 Å². The highest BCUT2D eigenvalue weighted by Gasteiger charge is 2.28. The smallest absolute Gasteiger partial charge is 0.230 e. The van der Waals surface area contributed by atoms with Crippen LogP contribution < -0.4 is 5.32 Å². The molecule has 118 valence electrons. The van der Waals surface area contributed by atoms with E-state index in [0.29, 0.717) is 23.6 Å². The Hall–Kier alpha value is -1.07. The normalized spacial score (nSPS) is 25.3. The number of rotatable bonds is 4. The first kappa shape index (κ1) is 15.8. The number of nitrogens with zero attached hydrogens (tertiary/aromatic N) is 1. The van der Waals surface area contributed by atoms with Crippen LogP contribution in [0.4, 0.5) is 0 Å². The summed E-state index contributed by atoms with van der Waals surface area (Å²) in [5.74, 6) is 1.87. The van der Waals surface area contributed by atoms with E-state index in [1.54, 1.807) is 23.1 Å². The number of aromatic nitrogens is 1. The summed E-state index contributed by atoms with van der Waals surface area (Å²) < 4.78 is 2.15. The molecule has 3 unspecified atom stereocenters. The minimum Gasteiger partial charge on any atom is -0.352 e. The van der Waals surface area contributed by atoms with Crippen molar-refractivity contribution in [3.8, 4) is 0 Å². The molecule has 22 heavy (non-hydrogen) atoms. The van der Waals surface area contributed by atoms with Gasteiger partial charge in [-0.3, -0.25) is 4.79 Å². The molecule has 3 atom stereocenters. The topological polar surface area (TPSA) is 42.0 Å². The second kappa shape index (κ2) is 7.01. The maximum atomic E-state index is 12.2. The van der Waals surface area contributed by atoms with E-state index in [4.69, 9.17) is 0 Å². The Morgan fingerprint density at radius 1 is 1.36 bits per heavy atom. The first-order valence-corrected chi connectivity index (χ1v) is 9.71. The zero-order chi connectivity index (χ0) is 15.5. The summed E-state index contributed by atoms with van der Waals surface area (Å²) in [6.45, 7) is 4.55. The lowest BCUT2D eigenvalue weighted by atomic mass is 9.78. The quantitative estimate of drug-likeness (QED) is 0.846. The van der Waals surface area contributed by atoms with Gasteiger partial charge in [-0.2, -0.15) is 0 Å². The molecule has 1 aromatic heterocycles. The van der Waals surface area contributed by atoms with E-state index in [0.717, 1.165) is 16.3 Å². The van der Waals surface area contributed by atoms with Crippen molar-refractivity contribution in [2.45, 2.75) is 43.5 Å². The number of hydrogen-bond acceptors (Lipinski definition) is 4. The number of carbonyl (C=O) groups excluding carboxylic acids is 1. The number of carbonyl (C=O) groups is 1. The second-order valence-electron chi connectivity index (χ2n) is 6.18. The van der Waals surface area contributed by atoms with Gasteiger partial charge in [0.1, 0.15) is 0 Å². The summed E-state index contributed by atoms with van der Waals surface area (Å²) >= 11 is 3.20. The van der Waals surface area contributed by atoms with Gasteiger partial charge in [0.15, 0.2) is 4.34 Å². The third-order valence-corrected chi connectivity index (χ3v) is 6.83. The molecular formula is C17H22N2OS2. The number of amides is 1. The fourth-order valence-corrected chi connectivity index (χ4v) is 4.95. The van der Waals surface area contributed by atoms with Gasteiger partial charge < -0.3 is 5.32 Å². The van der Waals surface area contributed by atoms with Crippen molar-refractivity contribution >= 4 is 39.2 Å². The van der Waals surface area contributed by atoms with Gasteiger partial charge >= 0.3 is 0 Å². The van der Waals surface area contributed by atoms with E-state index in [-0.39, 0.29) is 5.91 Å². The lowest BCUT2D eigenvalue weighted by Crippen LogP contribution is -2.44. The van der Waals surface area contributed by atoms with Crippen molar-refractivity contribution in [3.63, 3.8) is 0 Å². The SMILES string of the molecule is CC1CCCC(NC(=O)CSc2nc3ccccc3s2)C1C.